The van der Waals surface area contributed by atoms with Gasteiger partial charge in [0.25, 0.3) is 0 Å². The molecule has 0 atom stereocenters. The first-order chi connectivity index (χ1) is 12.2. The first-order valence-electron chi connectivity index (χ1n) is 9.28. The molecule has 1 saturated heterocycles. The van der Waals surface area contributed by atoms with E-state index in [2.05, 4.69) is 60.4 Å². The number of hydrogen-bond donors (Lipinski definition) is 0. The van der Waals surface area contributed by atoms with Gasteiger partial charge in [-0.1, -0.05) is 67.6 Å². The minimum atomic E-state index is 0.263. The Balaban J connectivity index is 1.66. The average molecular weight is 336 g/mol. The van der Waals surface area contributed by atoms with E-state index in [-0.39, 0.29) is 5.91 Å². The third-order valence-electron chi connectivity index (χ3n) is 4.99. The molecule has 0 spiro atoms. The summed E-state index contributed by atoms with van der Waals surface area (Å²) in [5, 5.41) is 0. The van der Waals surface area contributed by atoms with E-state index in [9.17, 15) is 4.79 Å². The Bertz CT molecular complexity index is 607. The fourth-order valence-electron chi connectivity index (χ4n) is 3.40. The summed E-state index contributed by atoms with van der Waals surface area (Å²) in [7, 11) is 0. The predicted octanol–water partition coefficient (Wildman–Crippen LogP) is 3.95. The lowest BCUT2D eigenvalue weighted by Gasteiger charge is -2.32. The van der Waals surface area contributed by atoms with Crippen LogP contribution in [-0.4, -0.2) is 35.3 Å². The van der Waals surface area contributed by atoms with E-state index >= 15 is 0 Å². The molecule has 0 bridgehead atoms. The number of rotatable bonds is 6. The van der Waals surface area contributed by atoms with Gasteiger partial charge >= 0.3 is 0 Å². The average Bonchev–Trinajstić information content (AvgIpc) is 2.64. The van der Waals surface area contributed by atoms with Crippen molar-refractivity contribution in [3.63, 3.8) is 0 Å². The molecule has 0 saturated carbocycles. The molecule has 1 aliphatic heterocycles. The molecule has 2 aromatic carbocycles. The summed E-state index contributed by atoms with van der Waals surface area (Å²) >= 11 is 0. The molecule has 3 nitrogen and oxygen atoms in total. The Labute approximate surface area is 151 Å². The third kappa shape index (κ3) is 5.43. The molecule has 25 heavy (non-hydrogen) atoms. The van der Waals surface area contributed by atoms with Gasteiger partial charge in [0.05, 0.1) is 6.54 Å². The smallest absolute Gasteiger partial charge is 0.236 e. The van der Waals surface area contributed by atoms with Gasteiger partial charge in [-0.25, -0.2) is 0 Å². The van der Waals surface area contributed by atoms with Gasteiger partial charge in [-0.3, -0.25) is 9.69 Å². The van der Waals surface area contributed by atoms with E-state index in [4.69, 9.17) is 0 Å². The Morgan fingerprint density at radius 3 is 1.88 bits per heavy atom. The highest BCUT2D eigenvalue weighted by atomic mass is 16.2. The maximum atomic E-state index is 12.8. The molecule has 0 unspecified atom stereocenters. The fourth-order valence-corrected chi connectivity index (χ4v) is 3.40. The molecule has 1 fully saturated rings. The number of carbonyl (C=O) groups excluding carboxylic acids is 1. The zero-order valence-corrected chi connectivity index (χ0v) is 15.1. The highest BCUT2D eigenvalue weighted by Gasteiger charge is 2.22. The molecule has 0 aliphatic carbocycles. The highest BCUT2D eigenvalue weighted by molar-refractivity contribution is 5.78. The molecule has 1 aliphatic rings. The monoisotopic (exact) mass is 336 g/mol. The second-order valence-electron chi connectivity index (χ2n) is 7.18. The van der Waals surface area contributed by atoms with E-state index < -0.39 is 0 Å². The van der Waals surface area contributed by atoms with Crippen LogP contribution in [0.25, 0.3) is 0 Å². The number of likely N-dealkylation sites (tertiary alicyclic amines) is 1. The Morgan fingerprint density at radius 2 is 1.40 bits per heavy atom. The minimum absolute atomic E-state index is 0.263. The van der Waals surface area contributed by atoms with Crippen LogP contribution >= 0.6 is 0 Å². The van der Waals surface area contributed by atoms with Crippen molar-refractivity contribution in [2.45, 2.75) is 32.9 Å². The molecule has 0 aromatic heterocycles. The van der Waals surface area contributed by atoms with Gasteiger partial charge in [0.2, 0.25) is 5.91 Å². The van der Waals surface area contributed by atoms with Crippen LogP contribution in [0.15, 0.2) is 60.7 Å². The van der Waals surface area contributed by atoms with Crippen molar-refractivity contribution in [3.8, 4) is 0 Å². The van der Waals surface area contributed by atoms with Crippen molar-refractivity contribution in [1.82, 2.24) is 9.80 Å². The molecule has 132 valence electrons. The van der Waals surface area contributed by atoms with Crippen molar-refractivity contribution < 1.29 is 4.79 Å². The normalized spacial score (nSPS) is 15.5. The largest absolute Gasteiger partial charge is 0.342 e. The van der Waals surface area contributed by atoms with Gasteiger partial charge in [0.1, 0.15) is 0 Å². The van der Waals surface area contributed by atoms with Gasteiger partial charge < -0.3 is 4.90 Å². The topological polar surface area (TPSA) is 23.6 Å². The number of nitrogens with zero attached hydrogens (tertiary/aromatic N) is 2. The lowest BCUT2D eigenvalue weighted by Crippen LogP contribution is -2.43. The summed E-state index contributed by atoms with van der Waals surface area (Å²) in [5.74, 6) is 1.01. The standard InChI is InChI=1S/C22H28N2O/c1-19-12-14-24(15-13-19)22(25)18-23(16-20-8-4-2-5-9-20)17-21-10-6-3-7-11-21/h2-11,19H,12-18H2,1H3. The van der Waals surface area contributed by atoms with Crippen LogP contribution in [0.3, 0.4) is 0 Å². The number of carbonyl (C=O) groups is 1. The van der Waals surface area contributed by atoms with Crippen LogP contribution < -0.4 is 0 Å². The maximum Gasteiger partial charge on any atom is 0.236 e. The summed E-state index contributed by atoms with van der Waals surface area (Å²) < 4.78 is 0. The van der Waals surface area contributed by atoms with Crippen LogP contribution in [0.1, 0.15) is 30.9 Å². The molecular weight excluding hydrogens is 308 g/mol. The van der Waals surface area contributed by atoms with Gasteiger partial charge in [-0.05, 0) is 29.9 Å². The number of benzene rings is 2. The van der Waals surface area contributed by atoms with Crippen molar-refractivity contribution in [3.05, 3.63) is 71.8 Å². The zero-order valence-electron chi connectivity index (χ0n) is 15.1. The van der Waals surface area contributed by atoms with Crippen LogP contribution in [0, 0.1) is 5.92 Å². The van der Waals surface area contributed by atoms with E-state index in [1.54, 1.807) is 0 Å². The molecule has 1 amide bonds. The summed E-state index contributed by atoms with van der Waals surface area (Å²) in [5.41, 5.74) is 2.50. The van der Waals surface area contributed by atoms with Crippen molar-refractivity contribution in [2.24, 2.45) is 5.92 Å². The number of hydrogen-bond acceptors (Lipinski definition) is 2. The summed E-state index contributed by atoms with van der Waals surface area (Å²) in [4.78, 5) is 17.1. The van der Waals surface area contributed by atoms with Gasteiger partial charge in [-0.2, -0.15) is 0 Å². The van der Waals surface area contributed by atoms with Gasteiger partial charge in [0.15, 0.2) is 0 Å². The SMILES string of the molecule is CC1CCN(C(=O)CN(Cc2ccccc2)Cc2ccccc2)CC1. The lowest BCUT2D eigenvalue weighted by atomic mass is 9.99. The maximum absolute atomic E-state index is 12.8. The van der Waals surface area contributed by atoms with Gasteiger partial charge in [0, 0.05) is 26.2 Å². The van der Waals surface area contributed by atoms with Crippen molar-refractivity contribution in [2.75, 3.05) is 19.6 Å². The van der Waals surface area contributed by atoms with Crippen LogP contribution in [0.2, 0.25) is 0 Å². The second-order valence-corrected chi connectivity index (χ2v) is 7.18. The molecule has 3 rings (SSSR count). The van der Waals surface area contributed by atoms with E-state index in [0.29, 0.717) is 6.54 Å². The Hall–Kier alpha value is -2.13. The van der Waals surface area contributed by atoms with Crippen LogP contribution in [0.5, 0.6) is 0 Å². The third-order valence-corrected chi connectivity index (χ3v) is 4.99. The van der Waals surface area contributed by atoms with E-state index in [1.807, 2.05) is 17.0 Å². The number of amides is 1. The number of piperidine rings is 1. The summed E-state index contributed by atoms with van der Waals surface area (Å²) in [6.45, 7) is 6.17. The second kappa shape index (κ2) is 8.82. The molecular formula is C22H28N2O. The first kappa shape index (κ1) is 17.7. The van der Waals surface area contributed by atoms with Crippen molar-refractivity contribution in [1.29, 1.82) is 0 Å². The molecule has 3 heteroatoms. The lowest BCUT2D eigenvalue weighted by molar-refractivity contribution is -0.134. The fraction of sp³-hybridized carbons (Fsp3) is 0.409. The molecule has 2 aromatic rings. The van der Waals surface area contributed by atoms with E-state index in [0.717, 1.165) is 44.9 Å². The molecule has 0 radical (unpaired) electrons. The first-order valence-corrected chi connectivity index (χ1v) is 9.28. The Morgan fingerprint density at radius 1 is 0.920 bits per heavy atom. The van der Waals surface area contributed by atoms with Crippen LogP contribution in [0.4, 0.5) is 0 Å². The van der Waals surface area contributed by atoms with Crippen molar-refractivity contribution >= 4 is 5.91 Å². The molecule has 1 heterocycles. The summed E-state index contributed by atoms with van der Waals surface area (Å²) in [6.07, 6.45) is 2.26. The van der Waals surface area contributed by atoms with Gasteiger partial charge in [-0.15, -0.1) is 0 Å². The quantitative estimate of drug-likeness (QED) is 0.797. The summed E-state index contributed by atoms with van der Waals surface area (Å²) in [6, 6.07) is 20.8. The van der Waals surface area contributed by atoms with E-state index in [1.165, 1.54) is 11.1 Å². The molecule has 0 N–H and O–H groups in total. The predicted molar refractivity (Wildman–Crippen MR) is 102 cm³/mol. The highest BCUT2D eigenvalue weighted by Crippen LogP contribution is 2.17. The zero-order chi connectivity index (χ0) is 17.5. The minimum Gasteiger partial charge on any atom is -0.342 e. The Kier molecular flexibility index (Phi) is 6.24. The van der Waals surface area contributed by atoms with Crippen LogP contribution in [-0.2, 0) is 17.9 Å².